The van der Waals surface area contributed by atoms with E-state index in [0.29, 0.717) is 6.10 Å². The van der Waals surface area contributed by atoms with Crippen molar-refractivity contribution in [2.24, 2.45) is 0 Å². The SMILES string of the molecule is C[C@H]1CN(c2ccnc3ccsc23)CCCO1. The van der Waals surface area contributed by atoms with E-state index in [2.05, 4.69) is 34.3 Å². The number of pyridine rings is 1. The van der Waals surface area contributed by atoms with E-state index in [4.69, 9.17) is 4.74 Å². The standard InChI is InChI=1S/C13H16N2OS/c1-10-9-15(6-2-7-16-10)12-3-5-14-11-4-8-17-13(11)12/h3-5,8,10H,2,6-7,9H2,1H3/t10-/m0/s1. The van der Waals surface area contributed by atoms with Crippen LogP contribution in [-0.4, -0.2) is 30.8 Å². The lowest BCUT2D eigenvalue weighted by Crippen LogP contribution is -2.30. The molecule has 1 aliphatic heterocycles. The lowest BCUT2D eigenvalue weighted by molar-refractivity contribution is 0.0821. The molecule has 4 heteroatoms. The second-order valence-electron chi connectivity index (χ2n) is 4.45. The van der Waals surface area contributed by atoms with Crippen LogP contribution in [0.2, 0.25) is 0 Å². The zero-order chi connectivity index (χ0) is 11.7. The molecule has 0 saturated carbocycles. The third-order valence-electron chi connectivity index (χ3n) is 3.12. The molecule has 3 rings (SSSR count). The molecule has 17 heavy (non-hydrogen) atoms. The van der Waals surface area contributed by atoms with Crippen molar-refractivity contribution < 1.29 is 4.74 Å². The molecule has 0 unspecified atom stereocenters. The van der Waals surface area contributed by atoms with Crippen LogP contribution in [0.1, 0.15) is 13.3 Å². The second kappa shape index (κ2) is 4.63. The van der Waals surface area contributed by atoms with Crippen molar-refractivity contribution in [2.75, 3.05) is 24.6 Å². The molecular formula is C13H16N2OS. The molecule has 0 radical (unpaired) electrons. The molecule has 1 atom stereocenters. The Kier molecular flexibility index (Phi) is 2.99. The minimum Gasteiger partial charge on any atom is -0.377 e. The molecule has 0 spiro atoms. The van der Waals surface area contributed by atoms with Crippen molar-refractivity contribution >= 4 is 27.2 Å². The van der Waals surface area contributed by atoms with E-state index in [1.165, 1.54) is 10.4 Å². The highest BCUT2D eigenvalue weighted by Gasteiger charge is 2.17. The first-order valence-corrected chi connectivity index (χ1v) is 6.91. The van der Waals surface area contributed by atoms with Gasteiger partial charge >= 0.3 is 0 Å². The van der Waals surface area contributed by atoms with Crippen LogP contribution in [-0.2, 0) is 4.74 Å². The molecule has 90 valence electrons. The highest BCUT2D eigenvalue weighted by atomic mass is 32.1. The van der Waals surface area contributed by atoms with Gasteiger partial charge in [0.2, 0.25) is 0 Å². The van der Waals surface area contributed by atoms with Gasteiger partial charge in [-0.15, -0.1) is 11.3 Å². The van der Waals surface area contributed by atoms with Gasteiger partial charge in [0.1, 0.15) is 0 Å². The fourth-order valence-electron chi connectivity index (χ4n) is 2.32. The van der Waals surface area contributed by atoms with Gasteiger partial charge in [0.25, 0.3) is 0 Å². The Morgan fingerprint density at radius 1 is 1.47 bits per heavy atom. The van der Waals surface area contributed by atoms with Gasteiger partial charge in [-0.1, -0.05) is 0 Å². The Hall–Kier alpha value is -1.13. The Balaban J connectivity index is 1.99. The fourth-order valence-corrected chi connectivity index (χ4v) is 3.21. The topological polar surface area (TPSA) is 25.4 Å². The van der Waals surface area contributed by atoms with E-state index in [-0.39, 0.29) is 0 Å². The van der Waals surface area contributed by atoms with E-state index in [9.17, 15) is 0 Å². The molecule has 0 N–H and O–H groups in total. The monoisotopic (exact) mass is 248 g/mol. The molecule has 0 amide bonds. The first-order chi connectivity index (χ1) is 8.34. The maximum atomic E-state index is 5.69. The number of fused-ring (bicyclic) bond motifs is 1. The summed E-state index contributed by atoms with van der Waals surface area (Å²) in [7, 11) is 0. The van der Waals surface area contributed by atoms with Gasteiger partial charge in [-0.3, -0.25) is 4.98 Å². The number of anilines is 1. The first kappa shape index (κ1) is 11.0. The van der Waals surface area contributed by atoms with Gasteiger partial charge in [0, 0.05) is 25.9 Å². The predicted molar refractivity (Wildman–Crippen MR) is 71.9 cm³/mol. The Morgan fingerprint density at radius 2 is 2.41 bits per heavy atom. The lowest BCUT2D eigenvalue weighted by atomic mass is 10.2. The molecule has 2 aromatic rings. The van der Waals surface area contributed by atoms with Crippen LogP contribution in [0.15, 0.2) is 23.7 Å². The summed E-state index contributed by atoms with van der Waals surface area (Å²) in [6, 6.07) is 4.21. The number of hydrogen-bond donors (Lipinski definition) is 0. The highest BCUT2D eigenvalue weighted by Crippen LogP contribution is 2.30. The summed E-state index contributed by atoms with van der Waals surface area (Å²) < 4.78 is 6.99. The summed E-state index contributed by atoms with van der Waals surface area (Å²) in [5.41, 5.74) is 2.41. The van der Waals surface area contributed by atoms with Crippen molar-refractivity contribution in [1.82, 2.24) is 4.98 Å². The third-order valence-corrected chi connectivity index (χ3v) is 4.04. The summed E-state index contributed by atoms with van der Waals surface area (Å²) >= 11 is 1.77. The van der Waals surface area contributed by atoms with Crippen molar-refractivity contribution in [2.45, 2.75) is 19.4 Å². The highest BCUT2D eigenvalue weighted by molar-refractivity contribution is 7.17. The number of nitrogens with zero attached hydrogens (tertiary/aromatic N) is 2. The van der Waals surface area contributed by atoms with Crippen molar-refractivity contribution in [3.63, 3.8) is 0 Å². The van der Waals surface area contributed by atoms with E-state index < -0.39 is 0 Å². The number of thiophene rings is 1. The van der Waals surface area contributed by atoms with Gasteiger partial charge < -0.3 is 9.64 Å². The van der Waals surface area contributed by atoms with Crippen LogP contribution in [0.5, 0.6) is 0 Å². The molecule has 1 aliphatic rings. The molecule has 3 heterocycles. The Morgan fingerprint density at radius 3 is 3.35 bits per heavy atom. The summed E-state index contributed by atoms with van der Waals surface area (Å²) in [6.45, 7) is 5.06. The summed E-state index contributed by atoms with van der Waals surface area (Å²) in [5.74, 6) is 0. The molecular weight excluding hydrogens is 232 g/mol. The predicted octanol–water partition coefficient (Wildman–Crippen LogP) is 2.91. The van der Waals surface area contributed by atoms with E-state index in [1.54, 1.807) is 11.3 Å². The normalized spacial score (nSPS) is 21.7. The van der Waals surface area contributed by atoms with Gasteiger partial charge in [-0.05, 0) is 30.9 Å². The van der Waals surface area contributed by atoms with Crippen molar-refractivity contribution in [1.29, 1.82) is 0 Å². The van der Waals surface area contributed by atoms with Crippen molar-refractivity contribution in [3.05, 3.63) is 23.7 Å². The average molecular weight is 248 g/mol. The van der Waals surface area contributed by atoms with Crippen LogP contribution < -0.4 is 4.90 Å². The van der Waals surface area contributed by atoms with Crippen LogP contribution >= 0.6 is 11.3 Å². The molecule has 0 aliphatic carbocycles. The van der Waals surface area contributed by atoms with Crippen LogP contribution in [0, 0.1) is 0 Å². The minimum atomic E-state index is 0.306. The zero-order valence-corrected chi connectivity index (χ0v) is 10.7. The van der Waals surface area contributed by atoms with E-state index in [1.807, 2.05) is 6.20 Å². The maximum Gasteiger partial charge on any atom is 0.0830 e. The molecule has 1 fully saturated rings. The Labute approximate surface area is 105 Å². The Bertz CT molecular complexity index is 511. The van der Waals surface area contributed by atoms with Gasteiger partial charge in [-0.2, -0.15) is 0 Å². The number of ether oxygens (including phenoxy) is 1. The van der Waals surface area contributed by atoms with Gasteiger partial charge in [-0.25, -0.2) is 0 Å². The fraction of sp³-hybridized carbons (Fsp3) is 0.462. The number of hydrogen-bond acceptors (Lipinski definition) is 4. The van der Waals surface area contributed by atoms with E-state index in [0.717, 1.165) is 31.6 Å². The van der Waals surface area contributed by atoms with E-state index >= 15 is 0 Å². The molecule has 2 aromatic heterocycles. The largest absolute Gasteiger partial charge is 0.377 e. The van der Waals surface area contributed by atoms with Gasteiger partial charge in [0.15, 0.2) is 0 Å². The summed E-state index contributed by atoms with van der Waals surface area (Å²) in [5, 5.41) is 2.11. The number of aromatic nitrogens is 1. The third kappa shape index (κ3) is 2.15. The zero-order valence-electron chi connectivity index (χ0n) is 9.93. The van der Waals surface area contributed by atoms with Gasteiger partial charge in [0.05, 0.1) is 22.0 Å². The quantitative estimate of drug-likeness (QED) is 0.776. The first-order valence-electron chi connectivity index (χ1n) is 6.03. The average Bonchev–Trinajstić information content (AvgIpc) is 2.71. The van der Waals surface area contributed by atoms with Crippen LogP contribution in [0.4, 0.5) is 5.69 Å². The summed E-state index contributed by atoms with van der Waals surface area (Å²) in [4.78, 5) is 6.82. The molecule has 3 nitrogen and oxygen atoms in total. The summed E-state index contributed by atoms with van der Waals surface area (Å²) in [6.07, 6.45) is 3.31. The van der Waals surface area contributed by atoms with Crippen molar-refractivity contribution in [3.8, 4) is 0 Å². The van der Waals surface area contributed by atoms with Crippen LogP contribution in [0.3, 0.4) is 0 Å². The minimum absolute atomic E-state index is 0.306. The second-order valence-corrected chi connectivity index (χ2v) is 5.36. The molecule has 0 aromatic carbocycles. The number of rotatable bonds is 1. The molecule has 0 bridgehead atoms. The van der Waals surface area contributed by atoms with Crippen LogP contribution in [0.25, 0.3) is 10.2 Å². The smallest absolute Gasteiger partial charge is 0.0830 e. The molecule has 1 saturated heterocycles. The maximum absolute atomic E-state index is 5.69. The lowest BCUT2D eigenvalue weighted by Gasteiger charge is -2.24.